The summed E-state index contributed by atoms with van der Waals surface area (Å²) in [6.07, 6.45) is 1.32. The number of carbonyl (C=O) groups is 1. The molecule has 2 unspecified atom stereocenters. The zero-order chi connectivity index (χ0) is 24.2. The Kier molecular flexibility index (Phi) is 7.73. The van der Waals surface area contributed by atoms with E-state index in [2.05, 4.69) is 20.2 Å². The molecule has 1 aliphatic rings. The first-order valence-electron chi connectivity index (χ1n) is 10.9. The fourth-order valence-corrected chi connectivity index (χ4v) is 4.08. The molecule has 3 aromatic rings. The van der Waals surface area contributed by atoms with Crippen LogP contribution in [0.5, 0.6) is 11.5 Å². The molecule has 2 atom stereocenters. The van der Waals surface area contributed by atoms with E-state index in [1.807, 2.05) is 25.1 Å². The molecule has 0 saturated carbocycles. The molecule has 1 aromatic heterocycles. The highest BCUT2D eigenvalue weighted by Gasteiger charge is 2.27. The Balaban J connectivity index is 1.52. The van der Waals surface area contributed by atoms with Crippen molar-refractivity contribution in [1.82, 2.24) is 14.9 Å². The number of carbonyl (C=O) groups excluding carboxylic acids is 1. The molecular weight excluding hydrogens is 479 g/mol. The standard InChI is InChI=1S/C24H26Cl2N4O4/c1-14(15(2)31)30-6-7-33-17(11-30)12-34-23-10-21-18(9-22(23)32-3)24(28-13-27-21)29-16-4-5-19(25)20(26)8-16/h4-5,8-10,13-14,17H,6-7,11-12H2,1-3H3,(H,27,28,29). The van der Waals surface area contributed by atoms with Gasteiger partial charge in [-0.15, -0.1) is 0 Å². The van der Waals surface area contributed by atoms with Crippen molar-refractivity contribution >= 4 is 51.4 Å². The van der Waals surface area contributed by atoms with Crippen LogP contribution in [0.1, 0.15) is 13.8 Å². The molecular formula is C24H26Cl2N4O4. The molecule has 34 heavy (non-hydrogen) atoms. The molecule has 10 heteroatoms. The van der Waals surface area contributed by atoms with Gasteiger partial charge in [0, 0.05) is 30.2 Å². The van der Waals surface area contributed by atoms with Crippen LogP contribution in [0, 0.1) is 0 Å². The number of nitrogens with zero attached hydrogens (tertiary/aromatic N) is 3. The van der Waals surface area contributed by atoms with E-state index in [1.54, 1.807) is 26.2 Å². The number of ketones is 1. The van der Waals surface area contributed by atoms with Crippen LogP contribution in [0.2, 0.25) is 10.0 Å². The van der Waals surface area contributed by atoms with Gasteiger partial charge in [-0.1, -0.05) is 23.2 Å². The third-order valence-electron chi connectivity index (χ3n) is 5.83. The number of benzene rings is 2. The smallest absolute Gasteiger partial charge is 0.163 e. The van der Waals surface area contributed by atoms with Crippen molar-refractivity contribution in [1.29, 1.82) is 0 Å². The quantitative estimate of drug-likeness (QED) is 0.470. The van der Waals surface area contributed by atoms with Gasteiger partial charge in [0.2, 0.25) is 0 Å². The maximum Gasteiger partial charge on any atom is 0.163 e. The fourth-order valence-electron chi connectivity index (χ4n) is 3.78. The Morgan fingerprint density at radius 1 is 1.24 bits per heavy atom. The van der Waals surface area contributed by atoms with Crippen LogP contribution >= 0.6 is 23.2 Å². The summed E-state index contributed by atoms with van der Waals surface area (Å²) in [6, 6.07) is 8.77. The summed E-state index contributed by atoms with van der Waals surface area (Å²) in [5, 5.41) is 4.93. The Morgan fingerprint density at radius 2 is 2.06 bits per heavy atom. The minimum atomic E-state index is -0.159. The van der Waals surface area contributed by atoms with Crippen molar-refractivity contribution in [2.75, 3.05) is 38.7 Å². The number of methoxy groups -OCH3 is 1. The molecule has 0 radical (unpaired) electrons. The van der Waals surface area contributed by atoms with E-state index in [9.17, 15) is 4.79 Å². The second-order valence-electron chi connectivity index (χ2n) is 8.08. The third kappa shape index (κ3) is 5.52. The Morgan fingerprint density at radius 3 is 2.79 bits per heavy atom. The van der Waals surface area contributed by atoms with Crippen LogP contribution in [-0.2, 0) is 9.53 Å². The van der Waals surface area contributed by atoms with Gasteiger partial charge >= 0.3 is 0 Å². The van der Waals surface area contributed by atoms with Gasteiger partial charge in [-0.3, -0.25) is 9.69 Å². The summed E-state index contributed by atoms with van der Waals surface area (Å²) in [5.74, 6) is 1.83. The molecule has 180 valence electrons. The first kappa shape index (κ1) is 24.5. The van der Waals surface area contributed by atoms with Crippen LogP contribution in [0.4, 0.5) is 11.5 Å². The molecule has 0 aliphatic carbocycles. The number of hydrogen-bond donors (Lipinski definition) is 1. The molecule has 0 bridgehead atoms. The number of morpholine rings is 1. The topological polar surface area (TPSA) is 85.8 Å². The van der Waals surface area contributed by atoms with Crippen molar-refractivity contribution in [3.8, 4) is 11.5 Å². The fraction of sp³-hybridized carbons (Fsp3) is 0.375. The van der Waals surface area contributed by atoms with E-state index in [0.717, 1.165) is 17.6 Å². The lowest BCUT2D eigenvalue weighted by molar-refractivity contribution is -0.125. The first-order valence-corrected chi connectivity index (χ1v) is 11.6. The van der Waals surface area contributed by atoms with E-state index >= 15 is 0 Å². The lowest BCUT2D eigenvalue weighted by Crippen LogP contribution is -2.50. The average Bonchev–Trinajstić information content (AvgIpc) is 2.84. The van der Waals surface area contributed by atoms with Gasteiger partial charge in [0.15, 0.2) is 11.5 Å². The molecule has 1 aliphatic heterocycles. The van der Waals surface area contributed by atoms with Crippen LogP contribution < -0.4 is 14.8 Å². The summed E-state index contributed by atoms with van der Waals surface area (Å²) < 4.78 is 17.5. The predicted molar refractivity (Wildman–Crippen MR) is 133 cm³/mol. The monoisotopic (exact) mass is 504 g/mol. The predicted octanol–water partition coefficient (Wildman–Crippen LogP) is 4.75. The highest BCUT2D eigenvalue weighted by Crippen LogP contribution is 2.35. The van der Waals surface area contributed by atoms with Crippen LogP contribution in [0.25, 0.3) is 10.9 Å². The zero-order valence-electron chi connectivity index (χ0n) is 19.2. The second kappa shape index (κ2) is 10.7. The van der Waals surface area contributed by atoms with Crippen molar-refractivity contribution in [2.45, 2.75) is 26.0 Å². The first-order chi connectivity index (χ1) is 16.4. The number of halogens is 2. The number of Topliss-reactive ketones (excluding diaryl/α,β-unsaturated/α-hetero) is 1. The van der Waals surface area contributed by atoms with E-state index in [0.29, 0.717) is 52.6 Å². The summed E-state index contributed by atoms with van der Waals surface area (Å²) in [6.45, 7) is 5.75. The summed E-state index contributed by atoms with van der Waals surface area (Å²) >= 11 is 12.2. The number of rotatable bonds is 8. The Hall–Kier alpha value is -2.65. The summed E-state index contributed by atoms with van der Waals surface area (Å²) in [4.78, 5) is 22.6. The molecule has 8 nitrogen and oxygen atoms in total. The maximum atomic E-state index is 11.8. The highest BCUT2D eigenvalue weighted by molar-refractivity contribution is 6.42. The van der Waals surface area contributed by atoms with Gasteiger partial charge in [0.25, 0.3) is 0 Å². The second-order valence-corrected chi connectivity index (χ2v) is 8.90. The van der Waals surface area contributed by atoms with Crippen molar-refractivity contribution in [2.24, 2.45) is 0 Å². The number of hydrogen-bond acceptors (Lipinski definition) is 8. The summed E-state index contributed by atoms with van der Waals surface area (Å²) in [5.41, 5.74) is 1.43. The average molecular weight is 505 g/mol. The SMILES string of the molecule is COc1cc2c(Nc3ccc(Cl)c(Cl)c3)ncnc2cc1OCC1CN(C(C)C(C)=O)CCO1. The van der Waals surface area contributed by atoms with E-state index in [-0.39, 0.29) is 17.9 Å². The number of anilines is 2. The van der Waals surface area contributed by atoms with Crippen LogP contribution in [-0.4, -0.2) is 66.2 Å². The molecule has 2 heterocycles. The minimum absolute atomic E-state index is 0.139. The zero-order valence-corrected chi connectivity index (χ0v) is 20.7. The van der Waals surface area contributed by atoms with Gasteiger partial charge in [-0.05, 0) is 38.1 Å². The number of nitrogens with one attached hydrogen (secondary N) is 1. The maximum absolute atomic E-state index is 11.8. The lowest BCUT2D eigenvalue weighted by Gasteiger charge is -2.35. The molecule has 1 fully saturated rings. The molecule has 4 rings (SSSR count). The van der Waals surface area contributed by atoms with E-state index in [1.165, 1.54) is 6.33 Å². The largest absolute Gasteiger partial charge is 0.493 e. The number of aromatic nitrogens is 2. The van der Waals surface area contributed by atoms with Crippen molar-refractivity contribution in [3.05, 3.63) is 46.7 Å². The van der Waals surface area contributed by atoms with Crippen LogP contribution in [0.15, 0.2) is 36.7 Å². The van der Waals surface area contributed by atoms with Gasteiger partial charge in [-0.25, -0.2) is 9.97 Å². The molecule has 1 saturated heterocycles. The van der Waals surface area contributed by atoms with Crippen molar-refractivity contribution < 1.29 is 19.0 Å². The van der Waals surface area contributed by atoms with E-state index < -0.39 is 0 Å². The lowest BCUT2D eigenvalue weighted by atomic mass is 10.1. The molecule has 0 spiro atoms. The van der Waals surface area contributed by atoms with Gasteiger partial charge in [0.05, 0.1) is 35.3 Å². The normalized spacial score (nSPS) is 17.4. The Labute approximate surface area is 208 Å². The molecule has 2 aromatic carbocycles. The Bertz CT molecular complexity index is 1190. The van der Waals surface area contributed by atoms with E-state index in [4.69, 9.17) is 37.4 Å². The summed E-state index contributed by atoms with van der Waals surface area (Å²) in [7, 11) is 1.58. The number of fused-ring (bicyclic) bond motifs is 1. The minimum Gasteiger partial charge on any atom is -0.493 e. The highest BCUT2D eigenvalue weighted by atomic mass is 35.5. The molecule has 0 amide bonds. The van der Waals surface area contributed by atoms with Gasteiger partial charge in [0.1, 0.15) is 30.6 Å². The molecule has 1 N–H and O–H groups in total. The van der Waals surface area contributed by atoms with Gasteiger partial charge < -0.3 is 19.5 Å². The van der Waals surface area contributed by atoms with Crippen molar-refractivity contribution in [3.63, 3.8) is 0 Å². The third-order valence-corrected chi connectivity index (χ3v) is 6.57. The van der Waals surface area contributed by atoms with Crippen LogP contribution in [0.3, 0.4) is 0 Å². The number of ether oxygens (including phenoxy) is 3. The van der Waals surface area contributed by atoms with Gasteiger partial charge in [-0.2, -0.15) is 0 Å².